The molecule has 2 aromatic rings. The number of hydrogen-bond donors (Lipinski definition) is 2. The summed E-state index contributed by atoms with van der Waals surface area (Å²) in [6, 6.07) is 12.7. The molecule has 0 saturated carbocycles. The summed E-state index contributed by atoms with van der Waals surface area (Å²) in [5.41, 5.74) is 2.25. The van der Waals surface area contributed by atoms with E-state index in [-0.39, 0.29) is 18.4 Å². The average molecular weight is 403 g/mol. The van der Waals surface area contributed by atoms with Crippen LogP contribution in [0.15, 0.2) is 42.5 Å². The van der Waals surface area contributed by atoms with Crippen molar-refractivity contribution in [2.45, 2.75) is 46.0 Å². The summed E-state index contributed by atoms with van der Waals surface area (Å²) >= 11 is 6.15. The standard InChI is InChI=1S/C22H27ClN2O3/c1-4-6-21(26)24-17-9-12-19(23)20(13-17)25-22(27)14-28-18-10-7-16(8-11-18)15(3)5-2/h7-13,15H,4-6,14H2,1-3H3,(H,24,26)(H,25,27)/t15-/m1/s1. The van der Waals surface area contributed by atoms with Crippen molar-refractivity contribution in [1.29, 1.82) is 0 Å². The van der Waals surface area contributed by atoms with Gasteiger partial charge in [0, 0.05) is 12.1 Å². The number of carbonyl (C=O) groups is 2. The third-order valence-corrected chi connectivity index (χ3v) is 4.76. The van der Waals surface area contributed by atoms with E-state index in [1.165, 1.54) is 5.56 Å². The van der Waals surface area contributed by atoms with Crippen LogP contribution in [0.4, 0.5) is 11.4 Å². The smallest absolute Gasteiger partial charge is 0.262 e. The highest BCUT2D eigenvalue weighted by Crippen LogP contribution is 2.26. The highest BCUT2D eigenvalue weighted by Gasteiger charge is 2.10. The molecule has 0 saturated heterocycles. The van der Waals surface area contributed by atoms with Crippen LogP contribution in [0.2, 0.25) is 5.02 Å². The van der Waals surface area contributed by atoms with Crippen LogP contribution in [-0.4, -0.2) is 18.4 Å². The molecule has 0 fully saturated rings. The Morgan fingerprint density at radius 2 is 1.75 bits per heavy atom. The molecule has 5 nitrogen and oxygen atoms in total. The van der Waals surface area contributed by atoms with Gasteiger partial charge in [0.05, 0.1) is 10.7 Å². The SMILES string of the molecule is CCCC(=O)Nc1ccc(Cl)c(NC(=O)COc2ccc([C@H](C)CC)cc2)c1. The van der Waals surface area contributed by atoms with E-state index >= 15 is 0 Å². The molecule has 0 aliphatic heterocycles. The van der Waals surface area contributed by atoms with Crippen LogP contribution in [0.1, 0.15) is 51.5 Å². The zero-order valence-corrected chi connectivity index (χ0v) is 17.3. The van der Waals surface area contributed by atoms with Crippen LogP contribution in [0.5, 0.6) is 5.75 Å². The molecule has 0 spiro atoms. The van der Waals surface area contributed by atoms with E-state index in [0.717, 1.165) is 12.8 Å². The molecule has 1 atom stereocenters. The Bertz CT molecular complexity index is 806. The highest BCUT2D eigenvalue weighted by atomic mass is 35.5. The number of nitrogens with one attached hydrogen (secondary N) is 2. The number of anilines is 2. The fourth-order valence-electron chi connectivity index (χ4n) is 2.61. The van der Waals surface area contributed by atoms with E-state index < -0.39 is 0 Å². The molecule has 2 amide bonds. The number of benzene rings is 2. The Morgan fingerprint density at radius 3 is 2.39 bits per heavy atom. The van der Waals surface area contributed by atoms with Crippen LogP contribution in [-0.2, 0) is 9.59 Å². The van der Waals surface area contributed by atoms with Crippen LogP contribution >= 0.6 is 11.6 Å². The van der Waals surface area contributed by atoms with Crippen LogP contribution in [0.25, 0.3) is 0 Å². The number of ether oxygens (including phenoxy) is 1. The second-order valence-electron chi connectivity index (χ2n) is 6.71. The van der Waals surface area contributed by atoms with Crippen molar-refractivity contribution in [3.05, 3.63) is 53.1 Å². The van der Waals surface area contributed by atoms with E-state index in [1.807, 2.05) is 31.2 Å². The summed E-state index contributed by atoms with van der Waals surface area (Å²) in [5, 5.41) is 5.89. The van der Waals surface area contributed by atoms with Crippen molar-refractivity contribution in [3.8, 4) is 5.75 Å². The van der Waals surface area contributed by atoms with Gasteiger partial charge in [0.15, 0.2) is 6.61 Å². The number of hydrogen-bond acceptors (Lipinski definition) is 3. The van der Waals surface area contributed by atoms with Gasteiger partial charge >= 0.3 is 0 Å². The first-order valence-corrected chi connectivity index (χ1v) is 9.92. The molecule has 0 unspecified atom stereocenters. The molecule has 150 valence electrons. The number of amides is 2. The Labute approximate surface area is 171 Å². The highest BCUT2D eigenvalue weighted by molar-refractivity contribution is 6.33. The first kappa shape index (κ1) is 21.8. The quantitative estimate of drug-likeness (QED) is 0.572. The maximum absolute atomic E-state index is 12.2. The van der Waals surface area contributed by atoms with E-state index in [9.17, 15) is 9.59 Å². The van der Waals surface area contributed by atoms with Gasteiger partial charge < -0.3 is 15.4 Å². The number of rotatable bonds is 9. The van der Waals surface area contributed by atoms with Gasteiger partial charge in [0.1, 0.15) is 5.75 Å². The molecule has 0 bridgehead atoms. The molecule has 0 aromatic heterocycles. The van der Waals surface area contributed by atoms with Gasteiger partial charge in [-0.1, -0.05) is 44.5 Å². The zero-order valence-electron chi connectivity index (χ0n) is 16.5. The minimum atomic E-state index is -0.329. The molecule has 0 radical (unpaired) electrons. The van der Waals surface area contributed by atoms with Gasteiger partial charge in [-0.15, -0.1) is 0 Å². The molecular weight excluding hydrogens is 376 g/mol. The van der Waals surface area contributed by atoms with Crippen molar-refractivity contribution in [1.82, 2.24) is 0 Å². The van der Waals surface area contributed by atoms with Gasteiger partial charge in [-0.05, 0) is 54.7 Å². The molecule has 0 aliphatic carbocycles. The Balaban J connectivity index is 1.92. The fourth-order valence-corrected chi connectivity index (χ4v) is 2.78. The minimum absolute atomic E-state index is 0.0775. The summed E-state index contributed by atoms with van der Waals surface area (Å²) in [4.78, 5) is 23.9. The molecule has 2 N–H and O–H groups in total. The van der Waals surface area contributed by atoms with Gasteiger partial charge in [-0.25, -0.2) is 0 Å². The topological polar surface area (TPSA) is 67.4 Å². The lowest BCUT2D eigenvalue weighted by Crippen LogP contribution is -2.20. The van der Waals surface area contributed by atoms with Gasteiger partial charge in [0.2, 0.25) is 5.91 Å². The van der Waals surface area contributed by atoms with E-state index in [0.29, 0.717) is 34.5 Å². The lowest BCUT2D eigenvalue weighted by Gasteiger charge is -2.12. The van der Waals surface area contributed by atoms with Crippen LogP contribution in [0.3, 0.4) is 0 Å². The number of halogens is 1. The van der Waals surface area contributed by atoms with Crippen molar-refractivity contribution >= 4 is 34.8 Å². The predicted octanol–water partition coefficient (Wildman–Crippen LogP) is 5.61. The maximum Gasteiger partial charge on any atom is 0.262 e. The van der Waals surface area contributed by atoms with E-state index in [4.69, 9.17) is 16.3 Å². The van der Waals surface area contributed by atoms with E-state index in [1.54, 1.807) is 18.2 Å². The number of carbonyl (C=O) groups excluding carboxylic acids is 2. The van der Waals surface area contributed by atoms with Gasteiger partial charge in [0.25, 0.3) is 5.91 Å². The van der Waals surface area contributed by atoms with Crippen molar-refractivity contribution in [2.75, 3.05) is 17.2 Å². The predicted molar refractivity (Wildman–Crippen MR) is 114 cm³/mol. The van der Waals surface area contributed by atoms with Crippen LogP contribution in [0, 0.1) is 0 Å². The van der Waals surface area contributed by atoms with Crippen LogP contribution < -0.4 is 15.4 Å². The van der Waals surface area contributed by atoms with Crippen molar-refractivity contribution < 1.29 is 14.3 Å². The zero-order chi connectivity index (χ0) is 20.5. The van der Waals surface area contributed by atoms with Crippen molar-refractivity contribution in [3.63, 3.8) is 0 Å². The molecule has 6 heteroatoms. The Hall–Kier alpha value is -2.53. The fraction of sp³-hybridized carbons (Fsp3) is 0.364. The molecule has 2 rings (SSSR count). The Morgan fingerprint density at radius 1 is 1.04 bits per heavy atom. The summed E-state index contributed by atoms with van der Waals surface area (Å²) in [5.74, 6) is 0.717. The molecule has 0 heterocycles. The normalized spacial score (nSPS) is 11.6. The molecule has 0 aliphatic rings. The van der Waals surface area contributed by atoms with Crippen molar-refractivity contribution in [2.24, 2.45) is 0 Å². The third-order valence-electron chi connectivity index (χ3n) is 4.43. The second-order valence-corrected chi connectivity index (χ2v) is 7.12. The molecule has 2 aromatic carbocycles. The monoisotopic (exact) mass is 402 g/mol. The Kier molecular flexibility index (Phi) is 8.33. The lowest BCUT2D eigenvalue weighted by molar-refractivity contribution is -0.118. The maximum atomic E-state index is 12.2. The minimum Gasteiger partial charge on any atom is -0.484 e. The summed E-state index contributed by atoms with van der Waals surface area (Å²) in [7, 11) is 0. The average Bonchev–Trinajstić information content (AvgIpc) is 2.69. The van der Waals surface area contributed by atoms with Gasteiger partial charge in [-0.3, -0.25) is 9.59 Å². The molecule has 28 heavy (non-hydrogen) atoms. The van der Waals surface area contributed by atoms with Gasteiger partial charge in [-0.2, -0.15) is 0 Å². The third kappa shape index (κ3) is 6.57. The lowest BCUT2D eigenvalue weighted by atomic mass is 9.99. The molecular formula is C22H27ClN2O3. The summed E-state index contributed by atoms with van der Waals surface area (Å²) < 4.78 is 5.55. The summed E-state index contributed by atoms with van der Waals surface area (Å²) in [6.45, 7) is 6.12. The largest absolute Gasteiger partial charge is 0.484 e. The first-order chi connectivity index (χ1) is 13.4. The summed E-state index contributed by atoms with van der Waals surface area (Å²) in [6.07, 6.45) is 2.27. The first-order valence-electron chi connectivity index (χ1n) is 9.55. The van der Waals surface area contributed by atoms with E-state index in [2.05, 4.69) is 24.5 Å². The second kappa shape index (κ2) is 10.7.